The molecule has 3 aromatic rings. The van der Waals surface area contributed by atoms with Crippen molar-refractivity contribution in [3.63, 3.8) is 0 Å². The van der Waals surface area contributed by atoms with E-state index < -0.39 is 0 Å². The van der Waals surface area contributed by atoms with Gasteiger partial charge in [0.05, 0.1) is 21.8 Å². The molecule has 0 saturated carbocycles. The Kier molecular flexibility index (Phi) is 5.44. The average molecular weight is 405 g/mol. The van der Waals surface area contributed by atoms with Crippen molar-refractivity contribution in [2.24, 2.45) is 0 Å². The number of thiophene rings is 1. The van der Waals surface area contributed by atoms with Gasteiger partial charge in [0, 0.05) is 38.1 Å². The number of amides is 1. The van der Waals surface area contributed by atoms with Crippen LogP contribution in [0.5, 0.6) is 0 Å². The molecule has 3 aromatic heterocycles. The first-order valence-corrected chi connectivity index (χ1v) is 11.2. The van der Waals surface area contributed by atoms with Crippen LogP contribution in [0.3, 0.4) is 0 Å². The highest BCUT2D eigenvalue weighted by Crippen LogP contribution is 2.29. The van der Waals surface area contributed by atoms with Crippen molar-refractivity contribution in [3.05, 3.63) is 44.7 Å². The number of hydrogen-bond donors (Lipinski definition) is 0. The van der Waals surface area contributed by atoms with E-state index >= 15 is 0 Å². The monoisotopic (exact) mass is 404 g/mol. The smallest absolute Gasteiger partial charge is 0.265 e. The van der Waals surface area contributed by atoms with Gasteiger partial charge in [0.15, 0.2) is 0 Å². The fourth-order valence-corrected chi connectivity index (χ4v) is 5.39. The molecular weight excluding hydrogens is 384 g/mol. The average Bonchev–Trinajstić information content (AvgIpc) is 3.42. The third-order valence-corrected chi connectivity index (χ3v) is 7.46. The molecule has 1 fully saturated rings. The zero-order chi connectivity index (χ0) is 17.9. The largest absolute Gasteiger partial charge is 0.335 e. The number of carbonyl (C=O) groups is 1. The molecule has 0 aliphatic carbocycles. The molecule has 0 radical (unpaired) electrons. The SMILES string of the molecule is CCc1nc(CN2CCN(C(=O)c3cnc(-c4cccs4)s3)CC2)cs1. The predicted octanol–water partition coefficient (Wildman–Crippen LogP) is 3.85. The van der Waals surface area contributed by atoms with Crippen LogP contribution in [0, 0.1) is 0 Å². The lowest BCUT2D eigenvalue weighted by molar-refractivity contribution is 0.0632. The number of aromatic nitrogens is 2. The molecule has 1 aliphatic rings. The second-order valence-electron chi connectivity index (χ2n) is 6.16. The number of piperazine rings is 1. The number of nitrogens with zero attached hydrogens (tertiary/aromatic N) is 4. The van der Waals surface area contributed by atoms with Crippen LogP contribution in [0.15, 0.2) is 29.1 Å². The second kappa shape index (κ2) is 7.96. The third kappa shape index (κ3) is 3.88. The number of carbonyl (C=O) groups excluding carboxylic acids is 1. The molecule has 1 amide bonds. The Morgan fingerprint density at radius 3 is 2.77 bits per heavy atom. The lowest BCUT2D eigenvalue weighted by atomic mass is 10.3. The van der Waals surface area contributed by atoms with Crippen molar-refractivity contribution in [1.29, 1.82) is 0 Å². The first kappa shape index (κ1) is 17.8. The molecule has 4 heterocycles. The molecule has 0 unspecified atom stereocenters. The topological polar surface area (TPSA) is 49.3 Å². The zero-order valence-corrected chi connectivity index (χ0v) is 17.0. The number of aryl methyl sites for hydroxylation is 1. The van der Waals surface area contributed by atoms with Crippen LogP contribution >= 0.6 is 34.0 Å². The molecule has 8 heteroatoms. The van der Waals surface area contributed by atoms with Crippen LogP contribution < -0.4 is 0 Å². The van der Waals surface area contributed by atoms with Gasteiger partial charge in [-0.3, -0.25) is 9.69 Å². The maximum Gasteiger partial charge on any atom is 0.265 e. The molecular formula is C18H20N4OS3. The Balaban J connectivity index is 1.33. The molecule has 0 spiro atoms. The minimum Gasteiger partial charge on any atom is -0.335 e. The molecule has 1 saturated heterocycles. The summed E-state index contributed by atoms with van der Waals surface area (Å²) in [5, 5.41) is 6.31. The summed E-state index contributed by atoms with van der Waals surface area (Å²) in [7, 11) is 0. The van der Waals surface area contributed by atoms with Crippen molar-refractivity contribution in [2.45, 2.75) is 19.9 Å². The Morgan fingerprint density at radius 1 is 1.23 bits per heavy atom. The number of rotatable bonds is 5. The van der Waals surface area contributed by atoms with E-state index in [-0.39, 0.29) is 5.91 Å². The number of thiazole rings is 2. The van der Waals surface area contributed by atoms with Gasteiger partial charge in [-0.25, -0.2) is 9.97 Å². The number of hydrogen-bond acceptors (Lipinski definition) is 7. The highest BCUT2D eigenvalue weighted by atomic mass is 32.1. The summed E-state index contributed by atoms with van der Waals surface area (Å²) in [4.78, 5) is 28.0. The lowest BCUT2D eigenvalue weighted by Gasteiger charge is -2.34. The van der Waals surface area contributed by atoms with Gasteiger partial charge in [-0.15, -0.1) is 34.0 Å². The quantitative estimate of drug-likeness (QED) is 0.648. The predicted molar refractivity (Wildman–Crippen MR) is 108 cm³/mol. The summed E-state index contributed by atoms with van der Waals surface area (Å²) in [6, 6.07) is 4.05. The van der Waals surface area contributed by atoms with Gasteiger partial charge < -0.3 is 4.90 Å². The molecule has 0 N–H and O–H groups in total. The van der Waals surface area contributed by atoms with E-state index in [9.17, 15) is 4.79 Å². The van der Waals surface area contributed by atoms with Crippen molar-refractivity contribution >= 4 is 39.9 Å². The highest BCUT2D eigenvalue weighted by molar-refractivity contribution is 7.22. The minimum atomic E-state index is 0.104. The second-order valence-corrected chi connectivity index (χ2v) is 9.08. The summed E-state index contributed by atoms with van der Waals surface area (Å²) in [6.07, 6.45) is 2.71. The summed E-state index contributed by atoms with van der Waals surface area (Å²) >= 11 is 4.87. The standard InChI is InChI=1S/C18H20N4OS3/c1-2-16-20-13(12-25-16)11-21-5-7-22(8-6-21)18(23)15-10-19-17(26-15)14-4-3-9-24-14/h3-4,9-10,12H,2,5-8,11H2,1H3. The van der Waals surface area contributed by atoms with E-state index in [1.165, 1.54) is 16.3 Å². The summed E-state index contributed by atoms with van der Waals surface area (Å²) in [5.41, 5.74) is 1.15. The Bertz CT molecular complexity index is 863. The Morgan fingerprint density at radius 2 is 2.08 bits per heavy atom. The van der Waals surface area contributed by atoms with Crippen molar-refractivity contribution in [3.8, 4) is 9.88 Å². The molecule has 1 aliphatic heterocycles. The fraction of sp³-hybridized carbons (Fsp3) is 0.389. The first-order valence-electron chi connectivity index (χ1n) is 8.67. The van der Waals surface area contributed by atoms with E-state index in [4.69, 9.17) is 0 Å². The van der Waals surface area contributed by atoms with Crippen molar-refractivity contribution < 1.29 is 4.79 Å². The fourth-order valence-electron chi connectivity index (χ4n) is 2.97. The van der Waals surface area contributed by atoms with Gasteiger partial charge in [0.1, 0.15) is 9.88 Å². The first-order chi connectivity index (χ1) is 12.7. The van der Waals surface area contributed by atoms with Crippen LogP contribution in [-0.4, -0.2) is 51.9 Å². The van der Waals surface area contributed by atoms with Gasteiger partial charge in [0.25, 0.3) is 5.91 Å². The third-order valence-electron chi connectivity index (χ3n) is 4.40. The van der Waals surface area contributed by atoms with Gasteiger partial charge >= 0.3 is 0 Å². The van der Waals surface area contributed by atoms with Crippen molar-refractivity contribution in [2.75, 3.05) is 26.2 Å². The van der Waals surface area contributed by atoms with Crippen LogP contribution in [-0.2, 0) is 13.0 Å². The maximum absolute atomic E-state index is 12.8. The molecule has 5 nitrogen and oxygen atoms in total. The minimum absolute atomic E-state index is 0.104. The van der Waals surface area contributed by atoms with E-state index in [1.807, 2.05) is 22.4 Å². The molecule has 4 rings (SSSR count). The van der Waals surface area contributed by atoms with Crippen LogP contribution in [0.25, 0.3) is 9.88 Å². The molecule has 136 valence electrons. The Labute approximate surface area is 165 Å². The summed E-state index contributed by atoms with van der Waals surface area (Å²) in [6.45, 7) is 6.31. The zero-order valence-electron chi connectivity index (χ0n) is 14.6. The van der Waals surface area contributed by atoms with Gasteiger partial charge in [-0.2, -0.15) is 0 Å². The molecule has 0 atom stereocenters. The molecule has 26 heavy (non-hydrogen) atoms. The van der Waals surface area contributed by atoms with Gasteiger partial charge in [0.2, 0.25) is 0 Å². The summed E-state index contributed by atoms with van der Waals surface area (Å²) in [5.74, 6) is 0.104. The normalized spacial score (nSPS) is 15.5. The van der Waals surface area contributed by atoms with Gasteiger partial charge in [-0.1, -0.05) is 13.0 Å². The van der Waals surface area contributed by atoms with E-state index in [1.54, 1.807) is 28.9 Å². The van der Waals surface area contributed by atoms with E-state index in [2.05, 4.69) is 27.2 Å². The van der Waals surface area contributed by atoms with E-state index in [0.717, 1.165) is 59.6 Å². The van der Waals surface area contributed by atoms with Crippen LogP contribution in [0.1, 0.15) is 27.3 Å². The summed E-state index contributed by atoms with van der Waals surface area (Å²) < 4.78 is 0. The van der Waals surface area contributed by atoms with Crippen LogP contribution in [0.2, 0.25) is 0 Å². The molecule has 0 aromatic carbocycles. The van der Waals surface area contributed by atoms with E-state index in [0.29, 0.717) is 0 Å². The lowest BCUT2D eigenvalue weighted by Crippen LogP contribution is -2.48. The van der Waals surface area contributed by atoms with Gasteiger partial charge in [-0.05, 0) is 17.9 Å². The maximum atomic E-state index is 12.8. The van der Waals surface area contributed by atoms with Crippen molar-refractivity contribution in [1.82, 2.24) is 19.8 Å². The Hall–Kier alpha value is -1.61. The highest BCUT2D eigenvalue weighted by Gasteiger charge is 2.24. The van der Waals surface area contributed by atoms with Crippen LogP contribution in [0.4, 0.5) is 0 Å². The molecule has 0 bridgehead atoms.